The fourth-order valence-electron chi connectivity index (χ4n) is 3.27. The summed E-state index contributed by atoms with van der Waals surface area (Å²) in [4.78, 5) is 6.93. The van der Waals surface area contributed by atoms with Crippen LogP contribution < -0.4 is 10.6 Å². The zero-order valence-electron chi connectivity index (χ0n) is 15.1. The number of hydrogen-bond donors (Lipinski definition) is 2. The summed E-state index contributed by atoms with van der Waals surface area (Å²) in [6.07, 6.45) is 11.6. The van der Waals surface area contributed by atoms with Crippen molar-refractivity contribution in [2.75, 3.05) is 26.7 Å². The van der Waals surface area contributed by atoms with Crippen molar-refractivity contribution in [1.82, 2.24) is 15.5 Å². The molecule has 0 aliphatic heterocycles. The molecule has 0 spiro atoms. The van der Waals surface area contributed by atoms with Gasteiger partial charge in [0.05, 0.1) is 0 Å². The summed E-state index contributed by atoms with van der Waals surface area (Å²) in [7, 11) is 1.86. The van der Waals surface area contributed by atoms with Gasteiger partial charge in [0.2, 0.25) is 0 Å². The molecule has 0 aromatic rings. The fourth-order valence-corrected chi connectivity index (χ4v) is 3.27. The van der Waals surface area contributed by atoms with Gasteiger partial charge in [0.1, 0.15) is 0 Å². The molecule has 1 saturated carbocycles. The van der Waals surface area contributed by atoms with Crippen molar-refractivity contribution >= 4 is 29.9 Å². The average molecular weight is 434 g/mol. The van der Waals surface area contributed by atoms with Crippen molar-refractivity contribution in [2.45, 2.75) is 70.9 Å². The van der Waals surface area contributed by atoms with E-state index in [0.29, 0.717) is 6.04 Å². The molecule has 2 aliphatic carbocycles. The van der Waals surface area contributed by atoms with Crippen LogP contribution in [0.4, 0.5) is 0 Å². The maximum Gasteiger partial charge on any atom is 0.191 e. The third kappa shape index (κ3) is 7.88. The Hall–Kier alpha value is -0.300. The summed E-state index contributed by atoms with van der Waals surface area (Å²) < 4.78 is 0. The second kappa shape index (κ2) is 11.3. The van der Waals surface area contributed by atoms with E-state index >= 15 is 0 Å². The van der Waals surface area contributed by atoms with Crippen molar-refractivity contribution in [1.29, 1.82) is 0 Å². The highest BCUT2D eigenvalue weighted by molar-refractivity contribution is 14.0. The Morgan fingerprint density at radius 1 is 1.26 bits per heavy atom. The zero-order chi connectivity index (χ0) is 15.8. The molecule has 0 saturated heterocycles. The molecule has 0 unspecified atom stereocenters. The predicted molar refractivity (Wildman–Crippen MR) is 111 cm³/mol. The minimum absolute atomic E-state index is 0. The number of allylic oxidation sites excluding steroid dienone is 1. The number of halogens is 1. The van der Waals surface area contributed by atoms with Crippen LogP contribution in [-0.2, 0) is 0 Å². The van der Waals surface area contributed by atoms with E-state index in [1.807, 2.05) is 7.05 Å². The Morgan fingerprint density at radius 2 is 2.00 bits per heavy atom. The van der Waals surface area contributed by atoms with Gasteiger partial charge in [-0.3, -0.25) is 9.89 Å². The first kappa shape index (κ1) is 20.7. The summed E-state index contributed by atoms with van der Waals surface area (Å²) in [5, 5.41) is 6.90. The summed E-state index contributed by atoms with van der Waals surface area (Å²) in [6, 6.07) is 1.47. The molecular formula is C18H35IN4. The Kier molecular flexibility index (Phi) is 10.2. The molecule has 0 bridgehead atoms. The van der Waals surface area contributed by atoms with Gasteiger partial charge in [0.25, 0.3) is 0 Å². The van der Waals surface area contributed by atoms with E-state index in [2.05, 4.69) is 40.4 Å². The number of hydrogen-bond acceptors (Lipinski definition) is 2. The van der Waals surface area contributed by atoms with Crippen molar-refractivity contribution in [3.63, 3.8) is 0 Å². The van der Waals surface area contributed by atoms with Crippen molar-refractivity contribution in [3.8, 4) is 0 Å². The largest absolute Gasteiger partial charge is 0.356 e. The topological polar surface area (TPSA) is 39.7 Å². The highest BCUT2D eigenvalue weighted by Gasteiger charge is 2.30. The molecule has 1 fully saturated rings. The molecule has 0 atom stereocenters. The van der Waals surface area contributed by atoms with E-state index in [4.69, 9.17) is 0 Å². The smallest absolute Gasteiger partial charge is 0.191 e. The molecule has 2 rings (SSSR count). The van der Waals surface area contributed by atoms with Gasteiger partial charge in [-0.05, 0) is 58.8 Å². The first-order valence-electron chi connectivity index (χ1n) is 9.09. The summed E-state index contributed by atoms with van der Waals surface area (Å²) >= 11 is 0. The second-order valence-electron chi connectivity index (χ2n) is 6.85. The van der Waals surface area contributed by atoms with Crippen LogP contribution in [0.3, 0.4) is 0 Å². The lowest BCUT2D eigenvalue weighted by molar-refractivity contribution is 0.215. The van der Waals surface area contributed by atoms with E-state index in [-0.39, 0.29) is 24.0 Å². The number of nitrogens with one attached hydrogen (secondary N) is 2. The number of guanidine groups is 1. The van der Waals surface area contributed by atoms with Gasteiger partial charge in [-0.1, -0.05) is 11.6 Å². The van der Waals surface area contributed by atoms with Crippen molar-refractivity contribution in [2.24, 2.45) is 4.99 Å². The second-order valence-corrected chi connectivity index (χ2v) is 6.85. The van der Waals surface area contributed by atoms with E-state index in [1.165, 1.54) is 38.5 Å². The summed E-state index contributed by atoms with van der Waals surface area (Å²) in [5.74, 6) is 0.941. The molecule has 0 aromatic heterocycles. The third-order valence-corrected chi connectivity index (χ3v) is 4.69. The Morgan fingerprint density at radius 3 is 2.57 bits per heavy atom. The summed E-state index contributed by atoms with van der Waals surface area (Å²) in [5.41, 5.74) is 1.62. The zero-order valence-corrected chi connectivity index (χ0v) is 17.4. The van der Waals surface area contributed by atoms with Gasteiger partial charge < -0.3 is 10.6 Å². The Balaban J connectivity index is 0.00000264. The highest BCUT2D eigenvalue weighted by Crippen LogP contribution is 2.27. The molecule has 23 heavy (non-hydrogen) atoms. The van der Waals surface area contributed by atoms with Crippen LogP contribution in [0.1, 0.15) is 58.8 Å². The molecule has 2 N–H and O–H groups in total. The van der Waals surface area contributed by atoms with Crippen LogP contribution in [0.2, 0.25) is 0 Å². The minimum atomic E-state index is 0. The number of nitrogens with zero attached hydrogens (tertiary/aromatic N) is 2. The quantitative estimate of drug-likeness (QED) is 0.266. The van der Waals surface area contributed by atoms with Crippen LogP contribution in [0, 0.1) is 0 Å². The van der Waals surface area contributed by atoms with Crippen LogP contribution in [0.15, 0.2) is 16.6 Å². The van der Waals surface area contributed by atoms with E-state index in [1.54, 1.807) is 5.57 Å². The molecular weight excluding hydrogens is 399 g/mol. The standard InChI is InChI=1S/C18H34N4.HI/c1-15(2)22(17-9-10-17)14-13-21-18(19-3)20-12-11-16-7-5-4-6-8-16;/h7,15,17H,4-6,8-14H2,1-3H3,(H2,19,20,21);1H. The fraction of sp³-hybridized carbons (Fsp3) is 0.833. The molecule has 0 aromatic carbocycles. The monoisotopic (exact) mass is 434 g/mol. The number of aliphatic imine (C=N–C) groups is 1. The number of rotatable bonds is 8. The molecule has 5 heteroatoms. The molecule has 4 nitrogen and oxygen atoms in total. The Labute approximate surface area is 159 Å². The maximum absolute atomic E-state index is 4.33. The lowest BCUT2D eigenvalue weighted by Crippen LogP contribution is -2.44. The van der Waals surface area contributed by atoms with Gasteiger partial charge in [0, 0.05) is 38.8 Å². The predicted octanol–water partition coefficient (Wildman–Crippen LogP) is 3.53. The normalized spacial score (nSPS) is 18.7. The molecule has 0 heterocycles. The average Bonchev–Trinajstić information content (AvgIpc) is 3.35. The van der Waals surface area contributed by atoms with E-state index in [9.17, 15) is 0 Å². The lowest BCUT2D eigenvalue weighted by atomic mass is 9.97. The van der Waals surface area contributed by atoms with Crippen LogP contribution in [0.5, 0.6) is 0 Å². The third-order valence-electron chi connectivity index (χ3n) is 4.69. The van der Waals surface area contributed by atoms with Crippen LogP contribution in [0.25, 0.3) is 0 Å². The van der Waals surface area contributed by atoms with E-state index in [0.717, 1.165) is 38.1 Å². The lowest BCUT2D eigenvalue weighted by Gasteiger charge is -2.26. The maximum atomic E-state index is 4.33. The SMILES string of the molecule is CN=C(NCCC1=CCCCC1)NCCN(C(C)C)C1CC1.I. The van der Waals surface area contributed by atoms with Crippen molar-refractivity contribution in [3.05, 3.63) is 11.6 Å². The van der Waals surface area contributed by atoms with Crippen LogP contribution >= 0.6 is 24.0 Å². The van der Waals surface area contributed by atoms with Gasteiger partial charge in [-0.25, -0.2) is 0 Å². The van der Waals surface area contributed by atoms with Gasteiger partial charge in [-0.15, -0.1) is 24.0 Å². The summed E-state index contributed by atoms with van der Waals surface area (Å²) in [6.45, 7) is 7.65. The van der Waals surface area contributed by atoms with E-state index < -0.39 is 0 Å². The minimum Gasteiger partial charge on any atom is -0.356 e. The molecule has 2 aliphatic rings. The highest BCUT2D eigenvalue weighted by atomic mass is 127. The molecule has 134 valence electrons. The molecule has 0 amide bonds. The van der Waals surface area contributed by atoms with Crippen molar-refractivity contribution < 1.29 is 0 Å². The van der Waals surface area contributed by atoms with Gasteiger partial charge in [-0.2, -0.15) is 0 Å². The first-order chi connectivity index (χ1) is 10.7. The first-order valence-corrected chi connectivity index (χ1v) is 9.09. The van der Waals surface area contributed by atoms with Gasteiger partial charge >= 0.3 is 0 Å². The van der Waals surface area contributed by atoms with Crippen LogP contribution in [-0.4, -0.2) is 49.6 Å². The molecule has 0 radical (unpaired) electrons. The van der Waals surface area contributed by atoms with Gasteiger partial charge in [0.15, 0.2) is 5.96 Å². The Bertz CT molecular complexity index is 386.